The molecule has 0 spiro atoms. The number of fused-ring (bicyclic) bond motifs is 20. The summed E-state index contributed by atoms with van der Waals surface area (Å²) in [6.45, 7) is 0. The Bertz CT molecular complexity index is 10300. The van der Waals surface area contributed by atoms with Crippen molar-refractivity contribution in [2.75, 3.05) is 0 Å². The lowest BCUT2D eigenvalue weighted by Crippen LogP contribution is -2.00. The third kappa shape index (κ3) is 11.1. The SMILES string of the molecule is c1ccc(-c2ccc3nc(-n4c5cc6c(c7c5c5c8c(cccc8ccc54)-c4ccccc4-7)c4ccccc4n6-c4ccccc4)ccc3n2)cc1.c1ccc(-c2ccc3nc(-n4c5cc6sc7ccccc7c6c6c5c5c7c(cccc7ccc54)-c4ccccc4-6)ccc3n2)cc1.c1ccc(-c2ccc3nc(-n4c5cccc6c5c5c7c(cccc7ccc54)-c4ncccc4-6)ccc3n2)cc1. The Morgan fingerprint density at radius 3 is 1.09 bits per heavy atom. The van der Waals surface area contributed by atoms with Crippen LogP contribution in [0.1, 0.15) is 0 Å². The molecule has 0 saturated heterocycles. The first-order chi connectivity index (χ1) is 68.0. The summed E-state index contributed by atoms with van der Waals surface area (Å²) in [7, 11) is 0. The zero-order valence-corrected chi connectivity index (χ0v) is 74.1. The highest BCUT2D eigenvalue weighted by Gasteiger charge is 2.34. The fraction of sp³-hybridized carbons (Fsp3) is 0. The summed E-state index contributed by atoms with van der Waals surface area (Å²) in [5.41, 5.74) is 36.7. The van der Waals surface area contributed by atoms with Crippen LogP contribution >= 0.6 is 11.3 Å². The molecular weight excluding hydrogens is 1690 g/mol. The summed E-state index contributed by atoms with van der Waals surface area (Å²) in [5.74, 6) is 2.66. The van der Waals surface area contributed by atoms with E-state index in [9.17, 15) is 0 Å². The molecule has 0 atom stereocenters. The monoisotopic (exact) mass is 1760 g/mol. The topological polar surface area (TPSA) is 110 Å². The second-order valence-electron chi connectivity index (χ2n) is 35.9. The molecule has 12 aromatic heterocycles. The van der Waals surface area contributed by atoms with Crippen molar-refractivity contribution in [2.45, 2.75) is 0 Å². The van der Waals surface area contributed by atoms with Gasteiger partial charge in [0.1, 0.15) is 17.5 Å². The third-order valence-corrected chi connectivity index (χ3v) is 29.8. The van der Waals surface area contributed by atoms with Gasteiger partial charge in [-0.15, -0.1) is 11.3 Å². The van der Waals surface area contributed by atoms with Gasteiger partial charge in [0.05, 0.1) is 100 Å². The number of hydrogen-bond acceptors (Lipinski definition) is 8. The van der Waals surface area contributed by atoms with E-state index < -0.39 is 0 Å². The smallest absolute Gasteiger partial charge is 0.138 e. The number of rotatable bonds is 7. The molecule has 12 heteroatoms. The summed E-state index contributed by atoms with van der Waals surface area (Å²) in [4.78, 5) is 35.5. The number of thiophene rings is 1. The van der Waals surface area contributed by atoms with Crippen molar-refractivity contribution in [1.29, 1.82) is 0 Å². The van der Waals surface area contributed by atoms with Gasteiger partial charge < -0.3 is 4.57 Å². The Morgan fingerprint density at radius 2 is 0.562 bits per heavy atom. The molecule has 29 aromatic rings. The zero-order chi connectivity index (χ0) is 89.3. The summed E-state index contributed by atoms with van der Waals surface area (Å²) in [6, 6.07) is 152. The van der Waals surface area contributed by atoms with E-state index in [1.807, 2.05) is 53.9 Å². The van der Waals surface area contributed by atoms with Crippen LogP contribution in [-0.2, 0) is 0 Å². The van der Waals surface area contributed by atoms with E-state index in [4.69, 9.17) is 34.9 Å². The molecule has 137 heavy (non-hydrogen) atoms. The van der Waals surface area contributed by atoms with Crippen LogP contribution in [-0.4, -0.2) is 53.2 Å². The van der Waals surface area contributed by atoms with E-state index in [0.29, 0.717) is 0 Å². The average molecular weight is 1760 g/mol. The van der Waals surface area contributed by atoms with Crippen LogP contribution in [0.15, 0.2) is 431 Å². The van der Waals surface area contributed by atoms with Gasteiger partial charge in [0.2, 0.25) is 0 Å². The van der Waals surface area contributed by atoms with E-state index >= 15 is 0 Å². The van der Waals surface area contributed by atoms with Gasteiger partial charge >= 0.3 is 0 Å². The molecular formula is C125H71N11S. The van der Waals surface area contributed by atoms with Gasteiger partial charge in [-0.3, -0.25) is 18.7 Å². The largest absolute Gasteiger partial charge is 0.309 e. The fourth-order valence-corrected chi connectivity index (χ4v) is 24.2. The summed E-state index contributed by atoms with van der Waals surface area (Å²) < 4.78 is 12.1. The molecule has 632 valence electrons. The Hall–Kier alpha value is -18.2. The Kier molecular flexibility index (Phi) is 16.0. The molecule has 12 heterocycles. The fourth-order valence-electron chi connectivity index (χ4n) is 23.0. The van der Waals surface area contributed by atoms with E-state index in [-0.39, 0.29) is 0 Å². The molecule has 0 aliphatic heterocycles. The van der Waals surface area contributed by atoms with Crippen LogP contribution in [0.3, 0.4) is 0 Å². The molecule has 11 nitrogen and oxygen atoms in total. The van der Waals surface area contributed by atoms with E-state index in [1.165, 1.54) is 173 Å². The van der Waals surface area contributed by atoms with Gasteiger partial charge in [-0.1, -0.05) is 285 Å². The van der Waals surface area contributed by atoms with Crippen LogP contribution in [0.5, 0.6) is 0 Å². The summed E-state index contributed by atoms with van der Waals surface area (Å²) >= 11 is 1.88. The highest BCUT2D eigenvalue weighted by Crippen LogP contribution is 2.58. The van der Waals surface area contributed by atoms with Crippen LogP contribution < -0.4 is 0 Å². The van der Waals surface area contributed by atoms with Crippen molar-refractivity contribution < 1.29 is 0 Å². The first kappa shape index (κ1) is 75.4. The normalized spacial score (nSPS) is 12.2. The molecule has 17 aromatic carbocycles. The van der Waals surface area contributed by atoms with Crippen LogP contribution in [0.2, 0.25) is 0 Å². The van der Waals surface area contributed by atoms with Gasteiger partial charge in [-0.05, 0) is 205 Å². The highest BCUT2D eigenvalue weighted by molar-refractivity contribution is 7.26. The molecule has 0 radical (unpaired) electrons. The lowest BCUT2D eigenvalue weighted by molar-refractivity contribution is 1.10. The number of aromatic nitrogens is 11. The van der Waals surface area contributed by atoms with E-state index in [0.717, 1.165) is 123 Å². The predicted molar refractivity (Wildman–Crippen MR) is 569 cm³/mol. The van der Waals surface area contributed by atoms with Crippen LogP contribution in [0.4, 0.5) is 0 Å². The summed E-state index contributed by atoms with van der Waals surface area (Å²) in [5, 5.41) is 20.4. The molecule has 0 saturated carbocycles. The minimum atomic E-state index is 0.866. The van der Waals surface area contributed by atoms with Gasteiger partial charge in [0, 0.05) is 119 Å². The number of nitrogens with zero attached hydrogens (tertiary/aromatic N) is 11. The first-order valence-electron chi connectivity index (χ1n) is 46.5. The molecule has 0 fully saturated rings. The second kappa shape index (κ2) is 29.1. The van der Waals surface area contributed by atoms with Gasteiger partial charge in [0.15, 0.2) is 0 Å². The molecule has 3 aliphatic carbocycles. The van der Waals surface area contributed by atoms with Crippen molar-refractivity contribution >= 4 is 184 Å². The van der Waals surface area contributed by atoms with Gasteiger partial charge in [0.25, 0.3) is 0 Å². The minimum absolute atomic E-state index is 0.866. The molecule has 0 unspecified atom stereocenters. The Morgan fingerprint density at radius 1 is 0.190 bits per heavy atom. The molecule has 0 bridgehead atoms. The number of para-hydroxylation sites is 2. The lowest BCUT2D eigenvalue weighted by Gasteiger charge is -2.15. The number of pyridine rings is 7. The van der Waals surface area contributed by atoms with Gasteiger partial charge in [-0.25, -0.2) is 29.9 Å². The maximum atomic E-state index is 5.34. The maximum Gasteiger partial charge on any atom is 0.138 e. The first-order valence-corrected chi connectivity index (χ1v) is 47.3. The van der Waals surface area contributed by atoms with Crippen LogP contribution in [0.25, 0.3) is 297 Å². The Balaban J connectivity index is 0.0000000983. The number of benzene rings is 17. The van der Waals surface area contributed by atoms with Crippen molar-refractivity contribution in [1.82, 2.24) is 53.2 Å². The minimum Gasteiger partial charge on any atom is -0.309 e. The molecule has 0 amide bonds. The highest BCUT2D eigenvalue weighted by atomic mass is 32.1. The predicted octanol–water partition coefficient (Wildman–Crippen LogP) is 32.4. The van der Waals surface area contributed by atoms with Crippen molar-refractivity contribution in [3.8, 4) is 124 Å². The van der Waals surface area contributed by atoms with E-state index in [1.54, 1.807) is 0 Å². The van der Waals surface area contributed by atoms with E-state index in [2.05, 4.69) is 407 Å². The van der Waals surface area contributed by atoms with Crippen molar-refractivity contribution in [3.05, 3.63) is 431 Å². The maximum absolute atomic E-state index is 5.34. The van der Waals surface area contributed by atoms with Crippen molar-refractivity contribution in [2.24, 2.45) is 0 Å². The van der Waals surface area contributed by atoms with Crippen LogP contribution in [0, 0.1) is 0 Å². The van der Waals surface area contributed by atoms with Crippen molar-refractivity contribution in [3.63, 3.8) is 0 Å². The summed E-state index contributed by atoms with van der Waals surface area (Å²) in [6.07, 6.45) is 1.89. The lowest BCUT2D eigenvalue weighted by atomic mass is 9.91. The standard InChI is InChI=1S/C48H28N4.C42H23N3S.C35H20N4/c1-3-12-29(13-4-1)36-23-24-38-37(49-36)25-27-43(50-38)52-40-26-22-30-14-11-20-33-32-17-7-8-18-34(32)46-45-35-19-9-10-21-39(35)51(31-15-5-2-6-16-31)41(45)28-42(52)48(46)47(40)44(30)33;1-2-9-24(10-3-1)30-18-19-32-31(43-30)20-22-37(44-32)45-33-21-17-25-11-8-15-27-26-12-4-5-13-28(26)40-39-29-14-6-7-16-35(29)46-36(39)23-34(45)42(40)41(33)38(25)27;1-2-7-21(8-3-1)26-15-16-28-27(37-26)17-19-31(38-28)39-29-13-5-10-23-24-12-6-20-36-35(24)25-11-4-9-22-14-18-30(39)34(32(22)25)33(23)29/h1-28H;1-23H;1-20H. The second-order valence-corrected chi connectivity index (χ2v) is 37.0. The zero-order valence-electron chi connectivity index (χ0n) is 73.3. The molecule has 0 N–H and O–H groups in total. The molecule has 3 aliphatic rings. The quantitative estimate of drug-likeness (QED) is 0.156. The van der Waals surface area contributed by atoms with Gasteiger partial charge in [-0.2, -0.15) is 0 Å². The molecule has 32 rings (SSSR count). The number of hydrogen-bond donors (Lipinski definition) is 0. The Labute approximate surface area is 786 Å². The average Bonchev–Trinajstić information content (AvgIpc) is 1.52. The third-order valence-electron chi connectivity index (χ3n) is 28.7.